The molecule has 0 aliphatic carbocycles. The molecule has 0 amide bonds. The average Bonchev–Trinajstić information content (AvgIpc) is 3.51. The van der Waals surface area contributed by atoms with Crippen LogP contribution in [0.1, 0.15) is 46.4 Å². The molecule has 158 valence electrons. The van der Waals surface area contributed by atoms with Crippen LogP contribution in [0.15, 0.2) is 43.5 Å². The van der Waals surface area contributed by atoms with E-state index in [9.17, 15) is 0 Å². The Morgan fingerprint density at radius 3 is 2.00 bits per heavy atom. The average molecular weight is 419 g/mol. The third-order valence-electron chi connectivity index (χ3n) is 6.40. The minimum absolute atomic E-state index is 0.912. The number of aromatic nitrogens is 4. The van der Waals surface area contributed by atoms with Crippen LogP contribution in [0.3, 0.4) is 0 Å². The summed E-state index contributed by atoms with van der Waals surface area (Å²) in [4.78, 5) is 9.84. The van der Waals surface area contributed by atoms with Gasteiger partial charge in [-0.05, 0) is 98.5 Å². The van der Waals surface area contributed by atoms with Gasteiger partial charge in [0.25, 0.3) is 0 Å². The third kappa shape index (κ3) is 2.99. The van der Waals surface area contributed by atoms with Crippen molar-refractivity contribution in [1.82, 2.24) is 19.1 Å². The van der Waals surface area contributed by atoms with Gasteiger partial charge in [0.05, 0.1) is 33.8 Å². The number of aryl methyl sites for hydroxylation is 3. The van der Waals surface area contributed by atoms with Crippen LogP contribution >= 0.6 is 0 Å². The van der Waals surface area contributed by atoms with Crippen molar-refractivity contribution in [2.45, 2.75) is 27.7 Å². The number of hydrogen-bond donors (Lipinski definition) is 0. The Hall–Kier alpha value is -3.92. The van der Waals surface area contributed by atoms with Crippen LogP contribution in [0.2, 0.25) is 0 Å². The number of allylic oxidation sites excluding steroid dienone is 1. The van der Waals surface area contributed by atoms with Gasteiger partial charge >= 0.3 is 0 Å². The predicted octanol–water partition coefficient (Wildman–Crippen LogP) is 7.12. The Bertz CT molecular complexity index is 1540. The van der Waals surface area contributed by atoms with Crippen LogP contribution < -0.4 is 0 Å². The maximum absolute atomic E-state index is 5.00. The van der Waals surface area contributed by atoms with E-state index in [0.29, 0.717) is 0 Å². The molecule has 32 heavy (non-hydrogen) atoms. The molecule has 0 fully saturated rings. The largest absolute Gasteiger partial charge is 0.318 e. The zero-order valence-corrected chi connectivity index (χ0v) is 19.0. The maximum Gasteiger partial charge on any atom is 0.0717 e. The van der Waals surface area contributed by atoms with Crippen LogP contribution in [0.25, 0.3) is 58.3 Å². The SMILES string of the molecule is C=Cn1c2ccc1cc1nc(c(C)c3c(C)c(C)c(cc4nc(c2)C=C4)n3C=C)C(C)=C1. The van der Waals surface area contributed by atoms with Crippen molar-refractivity contribution in [3.05, 3.63) is 83.0 Å². The van der Waals surface area contributed by atoms with Gasteiger partial charge in [-0.25, -0.2) is 9.97 Å². The topological polar surface area (TPSA) is 35.6 Å². The summed E-state index contributed by atoms with van der Waals surface area (Å²) in [6.07, 6.45) is 9.95. The Balaban J connectivity index is 2.03. The highest BCUT2D eigenvalue weighted by Gasteiger charge is 2.16. The van der Waals surface area contributed by atoms with E-state index < -0.39 is 0 Å². The summed E-state index contributed by atoms with van der Waals surface area (Å²) >= 11 is 0. The standard InChI is InChI=1S/C28H26N4/c1-7-31-24-11-12-25(31)15-23-13-17(3)27(30-23)20(6)28-19(5)18(4)26(32(28)8-2)16-22-10-9-21(14-24)29-22/h7-16H,1-2H2,3-6H3. The Labute approximate surface area is 188 Å². The van der Waals surface area contributed by atoms with Crippen LogP contribution in [-0.4, -0.2) is 19.1 Å². The highest BCUT2D eigenvalue weighted by molar-refractivity contribution is 5.88. The van der Waals surface area contributed by atoms with Gasteiger partial charge in [-0.3, -0.25) is 0 Å². The maximum atomic E-state index is 5.00. The van der Waals surface area contributed by atoms with Crippen LogP contribution in [-0.2, 0) is 0 Å². The molecule has 3 aromatic rings. The molecule has 5 rings (SSSR count). The smallest absolute Gasteiger partial charge is 0.0717 e. The number of hydrogen-bond acceptors (Lipinski definition) is 2. The van der Waals surface area contributed by atoms with Crippen molar-refractivity contribution >= 4 is 58.3 Å². The first-order valence-corrected chi connectivity index (χ1v) is 10.8. The molecular weight excluding hydrogens is 392 g/mol. The summed E-state index contributed by atoms with van der Waals surface area (Å²) in [6.45, 7) is 16.7. The van der Waals surface area contributed by atoms with E-state index in [4.69, 9.17) is 9.97 Å². The molecule has 5 heterocycles. The fourth-order valence-corrected chi connectivity index (χ4v) is 4.71. The second kappa shape index (κ2) is 7.34. The first-order chi connectivity index (χ1) is 15.4. The fourth-order valence-electron chi connectivity index (χ4n) is 4.71. The normalized spacial score (nSPS) is 12.7. The molecule has 2 aliphatic heterocycles. The van der Waals surface area contributed by atoms with Crippen molar-refractivity contribution in [2.24, 2.45) is 0 Å². The fraction of sp³-hybridized carbons (Fsp3) is 0.143. The molecule has 0 aromatic carbocycles. The lowest BCUT2D eigenvalue weighted by Crippen LogP contribution is -1.92. The quantitative estimate of drug-likeness (QED) is 0.347. The first-order valence-electron chi connectivity index (χ1n) is 10.8. The van der Waals surface area contributed by atoms with Crippen LogP contribution in [0.4, 0.5) is 0 Å². The molecule has 0 spiro atoms. The molecule has 0 saturated heterocycles. The number of fused-ring (bicyclic) bond motifs is 8. The molecule has 4 heteroatoms. The predicted molar refractivity (Wildman–Crippen MR) is 138 cm³/mol. The van der Waals surface area contributed by atoms with E-state index in [1.807, 2.05) is 18.5 Å². The summed E-state index contributed by atoms with van der Waals surface area (Å²) in [5.74, 6) is 0. The van der Waals surface area contributed by atoms with E-state index in [1.165, 1.54) is 11.1 Å². The zero-order valence-electron chi connectivity index (χ0n) is 19.0. The van der Waals surface area contributed by atoms with Gasteiger partial charge < -0.3 is 9.13 Å². The lowest BCUT2D eigenvalue weighted by Gasteiger charge is -2.04. The molecule has 0 N–H and O–H groups in total. The third-order valence-corrected chi connectivity index (χ3v) is 6.40. The molecule has 0 radical (unpaired) electrons. The highest BCUT2D eigenvalue weighted by Crippen LogP contribution is 2.31. The van der Waals surface area contributed by atoms with Gasteiger partial charge in [-0.1, -0.05) is 13.2 Å². The molecular formula is C28H26N4. The number of rotatable bonds is 2. The molecule has 4 nitrogen and oxygen atoms in total. The summed E-state index contributed by atoms with van der Waals surface area (Å²) in [5, 5.41) is 0. The van der Waals surface area contributed by atoms with Crippen molar-refractivity contribution in [2.75, 3.05) is 0 Å². The van der Waals surface area contributed by atoms with Crippen LogP contribution in [0, 0.1) is 20.8 Å². The van der Waals surface area contributed by atoms with Crippen molar-refractivity contribution < 1.29 is 0 Å². The second-order valence-electron chi connectivity index (χ2n) is 8.34. The number of nitrogens with zero attached hydrogens (tertiary/aromatic N) is 4. The van der Waals surface area contributed by atoms with Gasteiger partial charge in [0.15, 0.2) is 0 Å². The monoisotopic (exact) mass is 418 g/mol. The zero-order chi connectivity index (χ0) is 22.6. The summed E-state index contributed by atoms with van der Waals surface area (Å²) in [6, 6.07) is 10.5. The van der Waals surface area contributed by atoms with Gasteiger partial charge in [0, 0.05) is 23.4 Å². The van der Waals surface area contributed by atoms with E-state index in [2.05, 4.69) is 92.5 Å². The highest BCUT2D eigenvalue weighted by atomic mass is 15.0. The molecule has 0 atom stereocenters. The van der Waals surface area contributed by atoms with E-state index in [0.717, 1.165) is 56.0 Å². The van der Waals surface area contributed by atoms with E-state index in [-0.39, 0.29) is 0 Å². The van der Waals surface area contributed by atoms with Gasteiger partial charge in [0.2, 0.25) is 0 Å². The van der Waals surface area contributed by atoms with Crippen molar-refractivity contribution in [1.29, 1.82) is 0 Å². The lowest BCUT2D eigenvalue weighted by molar-refractivity contribution is 1.21. The molecule has 0 unspecified atom stereocenters. The Morgan fingerprint density at radius 1 is 0.719 bits per heavy atom. The first kappa shape index (κ1) is 20.0. The van der Waals surface area contributed by atoms with Gasteiger partial charge in [-0.15, -0.1) is 0 Å². The lowest BCUT2D eigenvalue weighted by atomic mass is 10.1. The Morgan fingerprint density at radius 2 is 1.34 bits per heavy atom. The van der Waals surface area contributed by atoms with Gasteiger partial charge in [0.1, 0.15) is 0 Å². The van der Waals surface area contributed by atoms with Gasteiger partial charge in [-0.2, -0.15) is 0 Å². The van der Waals surface area contributed by atoms with Crippen LogP contribution in [0.5, 0.6) is 0 Å². The Kier molecular flexibility index (Phi) is 4.59. The molecule has 2 aliphatic rings. The van der Waals surface area contributed by atoms with E-state index >= 15 is 0 Å². The molecule has 3 aromatic heterocycles. The summed E-state index contributed by atoms with van der Waals surface area (Å²) in [7, 11) is 0. The molecule has 8 bridgehead atoms. The minimum atomic E-state index is 0.912. The summed E-state index contributed by atoms with van der Waals surface area (Å²) in [5.41, 5.74) is 12.8. The summed E-state index contributed by atoms with van der Waals surface area (Å²) < 4.78 is 4.22. The van der Waals surface area contributed by atoms with Crippen molar-refractivity contribution in [3.63, 3.8) is 0 Å². The van der Waals surface area contributed by atoms with Crippen molar-refractivity contribution in [3.8, 4) is 0 Å². The second-order valence-corrected chi connectivity index (χ2v) is 8.34. The molecule has 0 saturated carbocycles. The van der Waals surface area contributed by atoms with E-state index in [1.54, 1.807) is 0 Å². The minimum Gasteiger partial charge on any atom is -0.318 e.